The van der Waals surface area contributed by atoms with Crippen LogP contribution in [0.5, 0.6) is 0 Å². The van der Waals surface area contributed by atoms with Crippen molar-refractivity contribution in [1.82, 2.24) is 9.97 Å². The summed E-state index contributed by atoms with van der Waals surface area (Å²) < 4.78 is 0. The van der Waals surface area contributed by atoms with E-state index in [0.29, 0.717) is 5.92 Å². The minimum Gasteiger partial charge on any atom is -0.359 e. The number of rotatable bonds is 4. The fourth-order valence-corrected chi connectivity index (χ4v) is 8.58. The molecule has 3 aromatic carbocycles. The number of hydrogen-bond acceptors (Lipinski definition) is 4. The predicted molar refractivity (Wildman–Crippen MR) is 203 cm³/mol. The Kier molecular flexibility index (Phi) is 6.75. The molecule has 0 bridgehead atoms. The highest BCUT2D eigenvalue weighted by molar-refractivity contribution is 6.08. The molecule has 238 valence electrons. The van der Waals surface area contributed by atoms with Crippen LogP contribution in [0.1, 0.15) is 77.7 Å². The van der Waals surface area contributed by atoms with Crippen LogP contribution in [0, 0.1) is 0 Å². The zero-order chi connectivity index (χ0) is 32.3. The number of benzene rings is 3. The van der Waals surface area contributed by atoms with Gasteiger partial charge in [-0.15, -0.1) is 0 Å². The van der Waals surface area contributed by atoms with Crippen LogP contribution in [-0.2, 0) is 6.42 Å². The van der Waals surface area contributed by atoms with E-state index in [1.165, 1.54) is 61.6 Å². The summed E-state index contributed by atoms with van der Waals surface area (Å²) in [7, 11) is 0. The number of anilines is 3. The van der Waals surface area contributed by atoms with E-state index in [1.807, 2.05) is 0 Å². The van der Waals surface area contributed by atoms with Crippen molar-refractivity contribution in [2.45, 2.75) is 56.5 Å². The molecule has 0 spiro atoms. The molecule has 0 radical (unpaired) electrons. The highest BCUT2D eigenvalue weighted by Crippen LogP contribution is 2.54. The van der Waals surface area contributed by atoms with Crippen molar-refractivity contribution in [3.63, 3.8) is 0 Å². The molecular weight excluding hydrogens is 597 g/mol. The Morgan fingerprint density at radius 1 is 0.714 bits per heavy atom. The third-order valence-electron chi connectivity index (χ3n) is 11.0. The topological polar surface area (TPSA) is 41.1 Å². The van der Waals surface area contributed by atoms with Crippen LogP contribution >= 0.6 is 0 Å². The second-order valence-corrected chi connectivity index (χ2v) is 13.9. The summed E-state index contributed by atoms with van der Waals surface area (Å²) in [5.41, 5.74) is 16.5. The minimum absolute atomic E-state index is 0.00999. The van der Waals surface area contributed by atoms with Crippen molar-refractivity contribution in [3.8, 4) is 11.3 Å². The summed E-state index contributed by atoms with van der Waals surface area (Å²) >= 11 is 0. The van der Waals surface area contributed by atoms with E-state index in [4.69, 9.17) is 9.97 Å². The van der Waals surface area contributed by atoms with Gasteiger partial charge in [0.2, 0.25) is 0 Å². The lowest BCUT2D eigenvalue weighted by molar-refractivity contribution is 0.745. The molecule has 49 heavy (non-hydrogen) atoms. The van der Waals surface area contributed by atoms with E-state index in [2.05, 4.69) is 144 Å². The second-order valence-electron chi connectivity index (χ2n) is 13.9. The molecule has 4 aromatic rings. The maximum Gasteiger partial charge on any atom is 0.136 e. The van der Waals surface area contributed by atoms with Gasteiger partial charge in [0.1, 0.15) is 12.0 Å². The monoisotopic (exact) mass is 634 g/mol. The van der Waals surface area contributed by atoms with E-state index >= 15 is 0 Å². The Hall–Kier alpha value is -5.48. The smallest absolute Gasteiger partial charge is 0.136 e. The van der Waals surface area contributed by atoms with Crippen LogP contribution in [0.15, 0.2) is 133 Å². The number of nitrogens with one attached hydrogen (secondary N) is 1. The van der Waals surface area contributed by atoms with E-state index in [1.54, 1.807) is 0 Å². The predicted octanol–water partition coefficient (Wildman–Crippen LogP) is 10.8. The summed E-state index contributed by atoms with van der Waals surface area (Å²) in [6, 6.07) is 24.8. The standard InChI is InChI=1S/C45H38N4/c1-2-11-29(12-3-1)30-21-23-31(24-22-30)42-38-16-6-8-18-39(38)46-44(48-42)32-25-27-33(28-26-32)45-47-40-19-10-17-37-35-14-5-4-13-34(35)36-15-7-9-20-41(36)49(45)43(37)40/h1-4,7-11,13,15,17-25,27-29,32,45,47H,5-6,12,14,16,26H2. The Morgan fingerprint density at radius 2 is 1.59 bits per heavy atom. The summed E-state index contributed by atoms with van der Waals surface area (Å²) in [6.07, 6.45) is 31.1. The number of allylic oxidation sites excluding steroid dienone is 11. The summed E-state index contributed by atoms with van der Waals surface area (Å²) in [5, 5.41) is 3.92. The molecule has 6 aliphatic rings. The molecule has 10 rings (SSSR count). The summed E-state index contributed by atoms with van der Waals surface area (Å²) in [6.45, 7) is 0. The summed E-state index contributed by atoms with van der Waals surface area (Å²) in [5.74, 6) is 1.47. The number of aromatic nitrogens is 2. The van der Waals surface area contributed by atoms with Crippen LogP contribution in [0.3, 0.4) is 0 Å². The Morgan fingerprint density at radius 3 is 2.47 bits per heavy atom. The van der Waals surface area contributed by atoms with Crippen molar-refractivity contribution < 1.29 is 0 Å². The largest absolute Gasteiger partial charge is 0.359 e. The van der Waals surface area contributed by atoms with Crippen molar-refractivity contribution in [2.24, 2.45) is 0 Å². The third kappa shape index (κ3) is 4.73. The van der Waals surface area contributed by atoms with Crippen molar-refractivity contribution in [1.29, 1.82) is 0 Å². The molecule has 4 heteroatoms. The van der Waals surface area contributed by atoms with E-state index in [0.717, 1.165) is 55.7 Å². The molecule has 1 N–H and O–H groups in total. The Labute approximate surface area is 288 Å². The molecule has 3 unspecified atom stereocenters. The van der Waals surface area contributed by atoms with Crippen molar-refractivity contribution in [2.75, 3.05) is 10.2 Å². The van der Waals surface area contributed by atoms with Gasteiger partial charge in [-0.05, 0) is 79.0 Å². The fourth-order valence-electron chi connectivity index (χ4n) is 8.58. The van der Waals surface area contributed by atoms with E-state index < -0.39 is 0 Å². The Bertz CT molecular complexity index is 2220. The normalized spacial score (nSPS) is 22.6. The molecule has 0 saturated carbocycles. The molecule has 0 fully saturated rings. The number of para-hydroxylation sites is 2. The van der Waals surface area contributed by atoms with Gasteiger partial charge in [0, 0.05) is 34.1 Å². The van der Waals surface area contributed by atoms with Gasteiger partial charge in [0.05, 0.1) is 28.5 Å². The highest BCUT2D eigenvalue weighted by Gasteiger charge is 2.38. The van der Waals surface area contributed by atoms with Gasteiger partial charge < -0.3 is 10.2 Å². The zero-order valence-electron chi connectivity index (χ0n) is 27.5. The SMILES string of the molecule is C1=CCC(c2ccc(-c3nc(C4C=CC(C5Nc6cccc7c6N5c5ccccc5C5=C7CCC=C5)=CC4)nc4c3CCC=C4)cc2)C=C1. The first kappa shape index (κ1) is 28.5. The molecular formula is C45H38N4. The molecule has 2 aliphatic heterocycles. The molecule has 0 saturated heterocycles. The van der Waals surface area contributed by atoms with Gasteiger partial charge in [0.25, 0.3) is 0 Å². The van der Waals surface area contributed by atoms with Crippen LogP contribution < -0.4 is 10.2 Å². The van der Waals surface area contributed by atoms with Gasteiger partial charge in [-0.1, -0.05) is 115 Å². The molecule has 4 aliphatic carbocycles. The van der Waals surface area contributed by atoms with E-state index in [-0.39, 0.29) is 12.1 Å². The average molecular weight is 635 g/mol. The highest BCUT2D eigenvalue weighted by atomic mass is 15.3. The first-order valence-corrected chi connectivity index (χ1v) is 17.9. The molecule has 1 aromatic heterocycles. The lowest BCUT2D eigenvalue weighted by Crippen LogP contribution is -2.34. The van der Waals surface area contributed by atoms with Crippen LogP contribution in [0.4, 0.5) is 17.1 Å². The lowest BCUT2D eigenvalue weighted by Gasteiger charge is -2.31. The van der Waals surface area contributed by atoms with E-state index in [9.17, 15) is 0 Å². The van der Waals surface area contributed by atoms with Crippen molar-refractivity contribution in [3.05, 3.63) is 167 Å². The van der Waals surface area contributed by atoms with Gasteiger partial charge >= 0.3 is 0 Å². The molecule has 3 atom stereocenters. The molecule has 0 amide bonds. The number of nitrogens with zero attached hydrogens (tertiary/aromatic N) is 3. The number of fused-ring (bicyclic) bond motifs is 5. The van der Waals surface area contributed by atoms with Crippen LogP contribution in [-0.4, -0.2) is 16.1 Å². The first-order valence-electron chi connectivity index (χ1n) is 17.9. The maximum atomic E-state index is 5.32. The first-order chi connectivity index (χ1) is 24.3. The minimum atomic E-state index is 0.00999. The zero-order valence-corrected chi connectivity index (χ0v) is 27.5. The van der Waals surface area contributed by atoms with Gasteiger partial charge in [-0.2, -0.15) is 0 Å². The lowest BCUT2D eigenvalue weighted by atomic mass is 9.88. The van der Waals surface area contributed by atoms with Gasteiger partial charge in [-0.3, -0.25) is 0 Å². The van der Waals surface area contributed by atoms with Crippen LogP contribution in [0.2, 0.25) is 0 Å². The number of hydrogen-bond donors (Lipinski definition) is 1. The fraction of sp³-hybridized carbons (Fsp3) is 0.200. The van der Waals surface area contributed by atoms with Gasteiger partial charge in [-0.25, -0.2) is 9.97 Å². The van der Waals surface area contributed by atoms with Crippen LogP contribution in [0.25, 0.3) is 28.5 Å². The maximum absolute atomic E-state index is 5.32. The van der Waals surface area contributed by atoms with Crippen molar-refractivity contribution >= 4 is 34.3 Å². The third-order valence-corrected chi connectivity index (χ3v) is 11.0. The molecule has 3 heterocycles. The molecule has 4 nitrogen and oxygen atoms in total. The van der Waals surface area contributed by atoms with Gasteiger partial charge in [0.15, 0.2) is 0 Å². The average Bonchev–Trinajstić information content (AvgIpc) is 3.52. The summed E-state index contributed by atoms with van der Waals surface area (Å²) in [4.78, 5) is 13.0. The quantitative estimate of drug-likeness (QED) is 0.243. The second kappa shape index (κ2) is 11.6. The Balaban J connectivity index is 0.979.